The minimum absolute atomic E-state index is 0.0557. The highest BCUT2D eigenvalue weighted by atomic mass is 32.2. The first-order valence-corrected chi connectivity index (χ1v) is 9.51. The van der Waals surface area contributed by atoms with E-state index in [1.807, 2.05) is 32.0 Å². The van der Waals surface area contributed by atoms with Gasteiger partial charge in [-0.3, -0.25) is 0 Å². The fourth-order valence-electron chi connectivity index (χ4n) is 2.12. The van der Waals surface area contributed by atoms with Crippen LogP contribution >= 0.6 is 11.8 Å². The van der Waals surface area contributed by atoms with E-state index in [4.69, 9.17) is 5.73 Å². The van der Waals surface area contributed by atoms with E-state index in [1.54, 1.807) is 6.07 Å². The summed E-state index contributed by atoms with van der Waals surface area (Å²) in [6, 6.07) is 7.41. The van der Waals surface area contributed by atoms with Crippen LogP contribution in [-0.2, 0) is 10.0 Å². The Kier molecular flexibility index (Phi) is 4.87. The molecular weight excluding hydrogens is 308 g/mol. The van der Waals surface area contributed by atoms with E-state index in [1.165, 1.54) is 16.1 Å². The van der Waals surface area contributed by atoms with Crippen molar-refractivity contribution in [3.05, 3.63) is 24.3 Å². The molecule has 0 amide bonds. The van der Waals surface area contributed by atoms with Gasteiger partial charge < -0.3 is 10.8 Å². The number of benzene rings is 1. The summed E-state index contributed by atoms with van der Waals surface area (Å²) >= 11 is 1.44. The average Bonchev–Trinajstić information content (AvgIpc) is 2.36. The number of hydrogen-bond acceptors (Lipinski definition) is 5. The molecule has 0 saturated carbocycles. The molecule has 2 rings (SSSR count). The smallest absolute Gasteiger partial charge is 0.215 e. The molecule has 1 saturated heterocycles. The lowest BCUT2D eigenvalue weighted by Gasteiger charge is -2.47. The summed E-state index contributed by atoms with van der Waals surface area (Å²) in [5.41, 5.74) is 5.62. The van der Waals surface area contributed by atoms with Gasteiger partial charge in [0.25, 0.3) is 0 Å². The number of nitrogens with zero attached hydrogens (tertiary/aromatic N) is 1. The Bertz CT molecular complexity index is 596. The molecular formula is C14H22N2O3S2. The molecule has 0 aromatic heterocycles. The molecule has 0 spiro atoms. The van der Waals surface area contributed by atoms with E-state index in [0.717, 1.165) is 4.90 Å². The summed E-state index contributed by atoms with van der Waals surface area (Å²) in [4.78, 5) is 0.898. The summed E-state index contributed by atoms with van der Waals surface area (Å²) < 4.78 is 25.7. The van der Waals surface area contributed by atoms with E-state index in [0.29, 0.717) is 11.4 Å². The molecule has 0 unspecified atom stereocenters. The molecule has 118 valence electrons. The van der Waals surface area contributed by atoms with Crippen LogP contribution in [0.4, 0.5) is 5.69 Å². The Hall–Kier alpha value is -0.760. The van der Waals surface area contributed by atoms with E-state index < -0.39 is 15.6 Å². The SMILES string of the molecule is CC(C)C1(O)CN(S(=O)(=O)CCSc2ccccc2N)C1. The van der Waals surface area contributed by atoms with Crippen molar-refractivity contribution in [1.29, 1.82) is 0 Å². The van der Waals surface area contributed by atoms with Gasteiger partial charge in [0.05, 0.1) is 11.4 Å². The van der Waals surface area contributed by atoms with Crippen LogP contribution in [0.15, 0.2) is 29.2 Å². The lowest BCUT2D eigenvalue weighted by Crippen LogP contribution is -2.66. The van der Waals surface area contributed by atoms with Gasteiger partial charge in [-0.05, 0) is 18.1 Å². The Labute approximate surface area is 130 Å². The van der Waals surface area contributed by atoms with Crippen LogP contribution in [0.1, 0.15) is 13.8 Å². The number of hydrogen-bond donors (Lipinski definition) is 2. The van der Waals surface area contributed by atoms with Crippen LogP contribution in [0.2, 0.25) is 0 Å². The van der Waals surface area contributed by atoms with Crippen LogP contribution < -0.4 is 5.73 Å². The molecule has 0 bridgehead atoms. The van der Waals surface area contributed by atoms with Gasteiger partial charge in [0, 0.05) is 29.4 Å². The number of thioether (sulfide) groups is 1. The van der Waals surface area contributed by atoms with Crippen molar-refractivity contribution in [2.24, 2.45) is 5.92 Å². The second-order valence-electron chi connectivity index (χ2n) is 5.73. The van der Waals surface area contributed by atoms with Crippen LogP contribution in [-0.4, -0.2) is 48.0 Å². The number of nitrogen functional groups attached to an aromatic ring is 1. The van der Waals surface area contributed by atoms with Crippen LogP contribution in [0, 0.1) is 5.92 Å². The van der Waals surface area contributed by atoms with Gasteiger partial charge >= 0.3 is 0 Å². The molecule has 1 heterocycles. The summed E-state index contributed by atoms with van der Waals surface area (Å²) in [6.07, 6.45) is 0. The standard InChI is InChI=1S/C14H22N2O3S2/c1-11(2)14(17)9-16(10-14)21(18,19)8-7-20-13-6-4-3-5-12(13)15/h3-6,11,17H,7-10,15H2,1-2H3. The van der Waals surface area contributed by atoms with Gasteiger partial charge in [-0.2, -0.15) is 4.31 Å². The highest BCUT2D eigenvalue weighted by Crippen LogP contribution is 2.31. The van der Waals surface area contributed by atoms with Crippen molar-refractivity contribution in [2.45, 2.75) is 24.3 Å². The Morgan fingerprint density at radius 3 is 2.57 bits per heavy atom. The maximum atomic E-state index is 12.2. The molecule has 0 radical (unpaired) electrons. The maximum Gasteiger partial charge on any atom is 0.215 e. The quantitative estimate of drug-likeness (QED) is 0.608. The van der Waals surface area contributed by atoms with Crippen molar-refractivity contribution in [1.82, 2.24) is 4.31 Å². The molecule has 0 aliphatic carbocycles. The lowest BCUT2D eigenvalue weighted by atomic mass is 9.85. The summed E-state index contributed by atoms with van der Waals surface area (Å²) in [5.74, 6) is 0.565. The first-order valence-electron chi connectivity index (χ1n) is 6.92. The number of rotatable bonds is 6. The van der Waals surface area contributed by atoms with Crippen molar-refractivity contribution in [3.63, 3.8) is 0 Å². The largest absolute Gasteiger partial charge is 0.398 e. The zero-order valence-corrected chi connectivity index (χ0v) is 14.0. The minimum Gasteiger partial charge on any atom is -0.398 e. The predicted octanol–water partition coefficient (Wildman–Crippen LogP) is 1.39. The zero-order chi connectivity index (χ0) is 15.7. The molecule has 21 heavy (non-hydrogen) atoms. The molecule has 1 aromatic rings. The Balaban J connectivity index is 1.85. The van der Waals surface area contributed by atoms with Crippen molar-refractivity contribution in [2.75, 3.05) is 30.3 Å². The number of nitrogens with two attached hydrogens (primary N) is 1. The topological polar surface area (TPSA) is 83.6 Å². The molecule has 3 N–H and O–H groups in total. The summed E-state index contributed by atoms with van der Waals surface area (Å²) in [7, 11) is -3.30. The Morgan fingerprint density at radius 2 is 2.00 bits per heavy atom. The third-order valence-corrected chi connectivity index (χ3v) is 7.00. The first-order chi connectivity index (χ1) is 9.74. The van der Waals surface area contributed by atoms with Gasteiger partial charge in [-0.1, -0.05) is 26.0 Å². The Morgan fingerprint density at radius 1 is 1.38 bits per heavy atom. The van der Waals surface area contributed by atoms with E-state index >= 15 is 0 Å². The van der Waals surface area contributed by atoms with E-state index in [9.17, 15) is 13.5 Å². The highest BCUT2D eigenvalue weighted by molar-refractivity contribution is 8.00. The van der Waals surface area contributed by atoms with Crippen LogP contribution in [0.5, 0.6) is 0 Å². The molecule has 1 fully saturated rings. The van der Waals surface area contributed by atoms with E-state index in [-0.39, 0.29) is 24.8 Å². The van der Waals surface area contributed by atoms with Gasteiger partial charge in [0.2, 0.25) is 10.0 Å². The number of para-hydroxylation sites is 1. The monoisotopic (exact) mass is 330 g/mol. The molecule has 1 aliphatic rings. The van der Waals surface area contributed by atoms with Crippen molar-refractivity contribution in [3.8, 4) is 0 Å². The van der Waals surface area contributed by atoms with E-state index in [2.05, 4.69) is 0 Å². The summed E-state index contributed by atoms with van der Waals surface area (Å²) in [6.45, 7) is 4.20. The maximum absolute atomic E-state index is 12.2. The van der Waals surface area contributed by atoms with Gasteiger partial charge in [-0.15, -0.1) is 11.8 Å². The predicted molar refractivity (Wildman–Crippen MR) is 86.7 cm³/mol. The molecule has 1 aliphatic heterocycles. The average molecular weight is 330 g/mol. The first kappa shape index (κ1) is 16.6. The third kappa shape index (κ3) is 3.71. The number of aliphatic hydroxyl groups is 1. The second kappa shape index (κ2) is 6.16. The van der Waals surface area contributed by atoms with Gasteiger partial charge in [0.15, 0.2) is 0 Å². The van der Waals surface area contributed by atoms with Gasteiger partial charge in [0.1, 0.15) is 0 Å². The van der Waals surface area contributed by atoms with Crippen LogP contribution in [0.3, 0.4) is 0 Å². The van der Waals surface area contributed by atoms with Gasteiger partial charge in [-0.25, -0.2) is 8.42 Å². The molecule has 5 nitrogen and oxygen atoms in total. The minimum atomic E-state index is -3.30. The lowest BCUT2D eigenvalue weighted by molar-refractivity contribution is -0.0931. The van der Waals surface area contributed by atoms with Crippen molar-refractivity contribution >= 4 is 27.5 Å². The molecule has 7 heteroatoms. The number of anilines is 1. The molecule has 0 atom stereocenters. The normalized spacial score (nSPS) is 18.7. The summed E-state index contributed by atoms with van der Waals surface area (Å²) in [5, 5.41) is 10.1. The fraction of sp³-hybridized carbons (Fsp3) is 0.571. The second-order valence-corrected chi connectivity index (χ2v) is 8.95. The van der Waals surface area contributed by atoms with Crippen LogP contribution in [0.25, 0.3) is 0 Å². The number of β-amino-alcohol motifs (C(OH)–C–C–N with tert-alkyl or cyclic N) is 1. The number of sulfonamides is 1. The fourth-order valence-corrected chi connectivity index (χ4v) is 5.03. The van der Waals surface area contributed by atoms with Crippen molar-refractivity contribution < 1.29 is 13.5 Å². The highest BCUT2D eigenvalue weighted by Gasteiger charge is 2.48. The third-order valence-electron chi connectivity index (χ3n) is 3.89. The molecule has 1 aromatic carbocycles. The zero-order valence-electron chi connectivity index (χ0n) is 12.3.